The number of nitrogens with one attached hydrogen (secondary N) is 1. The molecule has 1 fully saturated rings. The Bertz CT molecular complexity index is 792. The van der Waals surface area contributed by atoms with Crippen LogP contribution in [0.2, 0.25) is 5.02 Å². The Morgan fingerprint density at radius 3 is 2.72 bits per heavy atom. The van der Waals surface area contributed by atoms with Crippen LogP contribution in [0.4, 0.5) is 10.1 Å². The van der Waals surface area contributed by atoms with E-state index in [4.69, 9.17) is 11.6 Å². The molecule has 2 aromatic carbocycles. The Labute approximate surface area is 150 Å². The highest BCUT2D eigenvalue weighted by atomic mass is 35.5. The molecule has 2 N–H and O–H groups in total. The molecule has 4 nitrogen and oxygen atoms in total. The van der Waals surface area contributed by atoms with E-state index in [9.17, 15) is 14.3 Å². The van der Waals surface area contributed by atoms with E-state index in [1.807, 2.05) is 30.3 Å². The van der Waals surface area contributed by atoms with Gasteiger partial charge < -0.3 is 15.3 Å². The highest BCUT2D eigenvalue weighted by Gasteiger charge is 2.47. The van der Waals surface area contributed by atoms with E-state index < -0.39 is 17.3 Å². The van der Waals surface area contributed by atoms with Gasteiger partial charge in [0.15, 0.2) is 5.60 Å². The molecule has 130 valence electrons. The fraction of sp³-hybridized carbons (Fsp3) is 0.211. The quantitative estimate of drug-likeness (QED) is 0.860. The summed E-state index contributed by atoms with van der Waals surface area (Å²) in [6.07, 6.45) is 0.233. The minimum Gasteiger partial charge on any atom is -0.382 e. The minimum atomic E-state index is -1.69. The molecule has 1 unspecified atom stereocenters. The third kappa shape index (κ3) is 3.52. The maximum atomic E-state index is 13.4. The number of nitrogens with zero attached hydrogens (tertiary/aromatic N) is 1. The van der Waals surface area contributed by atoms with Crippen LogP contribution in [0.3, 0.4) is 0 Å². The monoisotopic (exact) mass is 360 g/mol. The van der Waals surface area contributed by atoms with Crippen molar-refractivity contribution in [1.29, 1.82) is 0 Å². The molecule has 0 spiro atoms. The van der Waals surface area contributed by atoms with Gasteiger partial charge in [0.05, 0.1) is 0 Å². The second-order valence-electron chi connectivity index (χ2n) is 6.01. The van der Waals surface area contributed by atoms with Gasteiger partial charge in [-0.05, 0) is 35.9 Å². The number of rotatable bonds is 5. The summed E-state index contributed by atoms with van der Waals surface area (Å²) in [5.41, 5.74) is -0.169. The summed E-state index contributed by atoms with van der Waals surface area (Å²) in [7, 11) is 0. The summed E-state index contributed by atoms with van der Waals surface area (Å²) in [4.78, 5) is 14.2. The first-order chi connectivity index (χ1) is 11.9. The predicted octanol–water partition coefficient (Wildman–Crippen LogP) is 3.25. The van der Waals surface area contributed by atoms with E-state index >= 15 is 0 Å². The summed E-state index contributed by atoms with van der Waals surface area (Å²) >= 11 is 5.83. The van der Waals surface area contributed by atoms with Crippen LogP contribution in [0.1, 0.15) is 12.0 Å². The maximum Gasteiger partial charge on any atom is 0.265 e. The van der Waals surface area contributed by atoms with E-state index in [1.165, 1.54) is 17.0 Å². The Hall–Kier alpha value is -2.37. The van der Waals surface area contributed by atoms with Gasteiger partial charge in [-0.2, -0.15) is 0 Å². The van der Waals surface area contributed by atoms with Gasteiger partial charge in [-0.1, -0.05) is 36.4 Å². The van der Waals surface area contributed by atoms with Crippen molar-refractivity contribution in [2.75, 3.05) is 11.4 Å². The molecule has 1 saturated heterocycles. The van der Waals surface area contributed by atoms with Crippen molar-refractivity contribution in [3.05, 3.63) is 77.2 Å². The molecular weight excluding hydrogens is 343 g/mol. The first kappa shape index (κ1) is 17.5. The molecule has 0 radical (unpaired) electrons. The zero-order valence-electron chi connectivity index (χ0n) is 13.5. The number of benzene rings is 2. The largest absolute Gasteiger partial charge is 0.382 e. The van der Waals surface area contributed by atoms with Crippen molar-refractivity contribution in [2.45, 2.75) is 18.6 Å². The van der Waals surface area contributed by atoms with Crippen LogP contribution in [0, 0.1) is 5.82 Å². The van der Waals surface area contributed by atoms with Crippen molar-refractivity contribution in [1.82, 2.24) is 5.32 Å². The van der Waals surface area contributed by atoms with Gasteiger partial charge in [-0.3, -0.25) is 4.79 Å². The molecule has 0 saturated carbocycles. The summed E-state index contributed by atoms with van der Waals surface area (Å²) in [6, 6.07) is 13.3. The van der Waals surface area contributed by atoms with E-state index in [0.717, 1.165) is 5.69 Å². The molecule has 1 amide bonds. The highest BCUT2D eigenvalue weighted by Crippen LogP contribution is 2.32. The molecule has 6 heteroatoms. The average molecular weight is 361 g/mol. The van der Waals surface area contributed by atoms with Crippen LogP contribution in [-0.4, -0.2) is 23.2 Å². The molecule has 1 aliphatic heterocycles. The molecule has 1 aliphatic rings. The first-order valence-corrected chi connectivity index (χ1v) is 8.25. The molecule has 1 heterocycles. The SMILES string of the molecule is C=C(NCc1cc(F)cc(Cl)c1)C1(O)CCN(c2ccccc2)C1=O. The number of anilines is 1. The molecule has 0 aromatic heterocycles. The molecular formula is C19H18ClFN2O2. The third-order valence-electron chi connectivity index (χ3n) is 4.29. The molecule has 3 rings (SSSR count). The van der Waals surface area contributed by atoms with Crippen molar-refractivity contribution in [3.8, 4) is 0 Å². The van der Waals surface area contributed by atoms with Gasteiger partial charge in [0.25, 0.3) is 5.91 Å². The van der Waals surface area contributed by atoms with Gasteiger partial charge in [0.1, 0.15) is 5.82 Å². The minimum absolute atomic E-state index is 0.191. The second kappa shape index (κ2) is 6.86. The Balaban J connectivity index is 1.70. The topological polar surface area (TPSA) is 52.6 Å². The van der Waals surface area contributed by atoms with Crippen LogP contribution in [0.25, 0.3) is 0 Å². The Morgan fingerprint density at radius 2 is 2.04 bits per heavy atom. The highest BCUT2D eigenvalue weighted by molar-refractivity contribution is 6.30. The van der Waals surface area contributed by atoms with Crippen LogP contribution < -0.4 is 10.2 Å². The number of hydrogen-bond acceptors (Lipinski definition) is 3. The number of amides is 1. The fourth-order valence-electron chi connectivity index (χ4n) is 2.91. The summed E-state index contributed by atoms with van der Waals surface area (Å²) in [5.74, 6) is -0.866. The maximum absolute atomic E-state index is 13.4. The van der Waals surface area contributed by atoms with Gasteiger partial charge in [-0.15, -0.1) is 0 Å². The van der Waals surface area contributed by atoms with Gasteiger partial charge in [0, 0.05) is 35.9 Å². The van der Waals surface area contributed by atoms with E-state index in [-0.39, 0.29) is 23.7 Å². The average Bonchev–Trinajstić information content (AvgIpc) is 2.89. The Morgan fingerprint density at radius 1 is 1.32 bits per heavy atom. The number of carbonyl (C=O) groups excluding carboxylic acids is 1. The van der Waals surface area contributed by atoms with Crippen molar-refractivity contribution >= 4 is 23.2 Å². The van der Waals surface area contributed by atoms with Crippen LogP contribution in [0.5, 0.6) is 0 Å². The number of aliphatic hydroxyl groups is 1. The second-order valence-corrected chi connectivity index (χ2v) is 6.45. The van der Waals surface area contributed by atoms with Crippen molar-refractivity contribution < 1.29 is 14.3 Å². The van der Waals surface area contributed by atoms with Gasteiger partial charge in [-0.25, -0.2) is 4.39 Å². The fourth-order valence-corrected chi connectivity index (χ4v) is 3.15. The van der Waals surface area contributed by atoms with Crippen LogP contribution >= 0.6 is 11.6 Å². The van der Waals surface area contributed by atoms with Gasteiger partial charge >= 0.3 is 0 Å². The molecule has 1 atom stereocenters. The Kier molecular flexibility index (Phi) is 4.79. The lowest BCUT2D eigenvalue weighted by Crippen LogP contribution is -2.45. The third-order valence-corrected chi connectivity index (χ3v) is 4.51. The number of carbonyl (C=O) groups is 1. The summed E-state index contributed by atoms with van der Waals surface area (Å²) in [5, 5.41) is 14.0. The lowest BCUT2D eigenvalue weighted by Gasteiger charge is -2.25. The zero-order valence-corrected chi connectivity index (χ0v) is 14.3. The normalized spacial score (nSPS) is 20.0. The summed E-state index contributed by atoms with van der Waals surface area (Å²) in [6.45, 7) is 4.41. The number of para-hydroxylation sites is 1. The van der Waals surface area contributed by atoms with Crippen molar-refractivity contribution in [3.63, 3.8) is 0 Å². The van der Waals surface area contributed by atoms with E-state index in [1.54, 1.807) is 6.07 Å². The van der Waals surface area contributed by atoms with Crippen LogP contribution in [0.15, 0.2) is 60.8 Å². The predicted molar refractivity (Wildman–Crippen MR) is 95.8 cm³/mol. The number of hydrogen-bond donors (Lipinski definition) is 2. The van der Waals surface area contributed by atoms with E-state index in [2.05, 4.69) is 11.9 Å². The van der Waals surface area contributed by atoms with Crippen LogP contribution in [-0.2, 0) is 11.3 Å². The first-order valence-electron chi connectivity index (χ1n) is 7.88. The summed E-state index contributed by atoms with van der Waals surface area (Å²) < 4.78 is 13.4. The molecule has 0 bridgehead atoms. The molecule has 25 heavy (non-hydrogen) atoms. The van der Waals surface area contributed by atoms with Gasteiger partial charge in [0.2, 0.25) is 0 Å². The number of halogens is 2. The molecule has 0 aliphatic carbocycles. The lowest BCUT2D eigenvalue weighted by atomic mass is 9.98. The molecule has 2 aromatic rings. The zero-order chi connectivity index (χ0) is 18.0. The standard InChI is InChI=1S/C19H18ClFN2O2/c1-13(22-12-14-9-15(20)11-16(21)10-14)19(25)7-8-23(18(19)24)17-5-3-2-4-6-17/h2-6,9-11,22,25H,1,7-8,12H2. The smallest absolute Gasteiger partial charge is 0.265 e. The van der Waals surface area contributed by atoms with E-state index in [0.29, 0.717) is 12.1 Å². The lowest BCUT2D eigenvalue weighted by molar-refractivity contribution is -0.130. The van der Waals surface area contributed by atoms with Crippen molar-refractivity contribution in [2.24, 2.45) is 0 Å².